The number of rotatable bonds is 6. The van der Waals surface area contributed by atoms with E-state index in [2.05, 4.69) is 22.3 Å². The lowest BCUT2D eigenvalue weighted by Crippen LogP contribution is -2.36. The van der Waals surface area contributed by atoms with Crippen LogP contribution in [-0.4, -0.2) is 42.0 Å². The number of nitrogens with one attached hydrogen (secondary N) is 1. The molecule has 0 atom stereocenters. The van der Waals surface area contributed by atoms with Gasteiger partial charge in [-0.15, -0.1) is 11.3 Å². The Balaban J connectivity index is 1.44. The summed E-state index contributed by atoms with van der Waals surface area (Å²) in [7, 11) is 0. The molecule has 3 heterocycles. The third kappa shape index (κ3) is 4.44. The van der Waals surface area contributed by atoms with E-state index in [1.165, 1.54) is 0 Å². The fourth-order valence-corrected chi connectivity index (χ4v) is 4.61. The highest BCUT2D eigenvalue weighted by atomic mass is 32.1. The van der Waals surface area contributed by atoms with E-state index in [0.717, 1.165) is 34.9 Å². The number of carbonyl (C=O) groups is 1. The Labute approximate surface area is 191 Å². The highest BCUT2D eigenvalue weighted by Crippen LogP contribution is 2.30. The van der Waals surface area contributed by atoms with Crippen molar-refractivity contribution in [3.05, 3.63) is 89.4 Å². The van der Waals surface area contributed by atoms with Gasteiger partial charge in [0.05, 0.1) is 41.6 Å². The number of ether oxygens (including phenoxy) is 1. The number of benzene rings is 2. The molecule has 0 aliphatic carbocycles. The molecule has 1 N–H and O–H groups in total. The van der Waals surface area contributed by atoms with Gasteiger partial charge >= 0.3 is 0 Å². The number of anilines is 2. The minimum atomic E-state index is -0.159. The zero-order valence-corrected chi connectivity index (χ0v) is 18.4. The summed E-state index contributed by atoms with van der Waals surface area (Å²) < 4.78 is 7.32. The number of para-hydroxylation sites is 2. The Morgan fingerprint density at radius 2 is 1.78 bits per heavy atom. The molecule has 0 unspecified atom stereocenters. The third-order valence-electron chi connectivity index (χ3n) is 5.45. The van der Waals surface area contributed by atoms with Crippen LogP contribution in [0, 0.1) is 0 Å². The average Bonchev–Trinajstić information content (AvgIpc) is 3.51. The molecule has 0 saturated carbocycles. The van der Waals surface area contributed by atoms with E-state index in [9.17, 15) is 4.79 Å². The van der Waals surface area contributed by atoms with E-state index in [1.807, 2.05) is 70.9 Å². The number of thiophene rings is 1. The van der Waals surface area contributed by atoms with Gasteiger partial charge in [0.25, 0.3) is 5.91 Å². The van der Waals surface area contributed by atoms with Crippen LogP contribution in [0.5, 0.6) is 0 Å². The van der Waals surface area contributed by atoms with Gasteiger partial charge < -0.3 is 15.0 Å². The molecule has 0 spiro atoms. The first-order valence-electron chi connectivity index (χ1n) is 10.7. The van der Waals surface area contributed by atoms with Gasteiger partial charge in [0.15, 0.2) is 0 Å². The zero-order valence-electron chi connectivity index (χ0n) is 17.6. The normalized spacial score (nSPS) is 13.8. The molecule has 1 fully saturated rings. The van der Waals surface area contributed by atoms with E-state index in [4.69, 9.17) is 9.84 Å². The summed E-state index contributed by atoms with van der Waals surface area (Å²) in [6.07, 6.45) is 1.84. The minimum Gasteiger partial charge on any atom is -0.378 e. The van der Waals surface area contributed by atoms with Gasteiger partial charge in [0.1, 0.15) is 5.69 Å². The van der Waals surface area contributed by atoms with Gasteiger partial charge in [0, 0.05) is 19.3 Å². The fourth-order valence-electron chi connectivity index (χ4n) is 3.88. The molecule has 2 aromatic heterocycles. The number of carbonyl (C=O) groups excluding carboxylic acids is 1. The third-order valence-corrected chi connectivity index (χ3v) is 6.33. The van der Waals surface area contributed by atoms with E-state index >= 15 is 0 Å². The highest BCUT2D eigenvalue weighted by Gasteiger charge is 2.21. The summed E-state index contributed by atoms with van der Waals surface area (Å²) in [5.74, 6) is -0.159. The first-order chi connectivity index (χ1) is 15.8. The first kappa shape index (κ1) is 20.5. The van der Waals surface area contributed by atoms with Crippen LogP contribution >= 0.6 is 11.3 Å². The van der Waals surface area contributed by atoms with Crippen LogP contribution in [0.25, 0.3) is 10.6 Å². The first-order valence-corrected chi connectivity index (χ1v) is 11.5. The molecule has 2 aromatic carbocycles. The standard InChI is InChI=1S/C25H24N4O2S/c30-25(26-21-9-4-5-10-22(21)28-12-14-31-15-13-28)20-18-29(17-19-7-2-1-3-8-19)27-24(20)23-11-6-16-32-23/h1-11,16,18H,12-15,17H2,(H,26,30). The van der Waals surface area contributed by atoms with Crippen LogP contribution in [0.3, 0.4) is 0 Å². The number of hydrogen-bond acceptors (Lipinski definition) is 5. The Kier molecular flexibility index (Phi) is 6.00. The van der Waals surface area contributed by atoms with Crippen molar-refractivity contribution in [2.24, 2.45) is 0 Å². The van der Waals surface area contributed by atoms with Gasteiger partial charge in [-0.25, -0.2) is 0 Å². The lowest BCUT2D eigenvalue weighted by atomic mass is 10.2. The number of morpholine rings is 1. The van der Waals surface area contributed by atoms with Gasteiger partial charge in [-0.3, -0.25) is 9.48 Å². The smallest absolute Gasteiger partial charge is 0.259 e. The predicted octanol–water partition coefficient (Wildman–Crippen LogP) is 4.75. The van der Waals surface area contributed by atoms with Crippen molar-refractivity contribution in [1.82, 2.24) is 9.78 Å². The van der Waals surface area contributed by atoms with Crippen LogP contribution in [0.4, 0.5) is 11.4 Å². The Morgan fingerprint density at radius 3 is 2.56 bits per heavy atom. The van der Waals surface area contributed by atoms with Crippen LogP contribution in [0.2, 0.25) is 0 Å². The number of hydrogen-bond donors (Lipinski definition) is 1. The van der Waals surface area contributed by atoms with Crippen LogP contribution in [-0.2, 0) is 11.3 Å². The van der Waals surface area contributed by atoms with Crippen molar-refractivity contribution < 1.29 is 9.53 Å². The summed E-state index contributed by atoms with van der Waals surface area (Å²) in [5.41, 5.74) is 4.22. The molecule has 162 valence electrons. The second-order valence-electron chi connectivity index (χ2n) is 7.62. The average molecular weight is 445 g/mol. The van der Waals surface area contributed by atoms with Gasteiger partial charge in [-0.05, 0) is 29.1 Å². The number of aromatic nitrogens is 2. The molecule has 6 nitrogen and oxygen atoms in total. The van der Waals surface area contributed by atoms with Gasteiger partial charge in [-0.2, -0.15) is 5.10 Å². The Hall–Kier alpha value is -3.42. The topological polar surface area (TPSA) is 59.4 Å². The van der Waals surface area contributed by atoms with E-state index in [-0.39, 0.29) is 5.91 Å². The van der Waals surface area contributed by atoms with Crippen LogP contribution in [0.1, 0.15) is 15.9 Å². The summed E-state index contributed by atoms with van der Waals surface area (Å²) in [6.45, 7) is 3.61. The molecule has 1 aliphatic heterocycles. The SMILES string of the molecule is O=C(Nc1ccccc1N1CCOCC1)c1cn(Cc2ccccc2)nc1-c1cccs1. The molecule has 32 heavy (non-hydrogen) atoms. The summed E-state index contributed by atoms with van der Waals surface area (Å²) in [5, 5.41) is 9.90. The van der Waals surface area contributed by atoms with Crippen molar-refractivity contribution in [2.45, 2.75) is 6.54 Å². The minimum absolute atomic E-state index is 0.159. The fraction of sp³-hybridized carbons (Fsp3) is 0.200. The zero-order chi connectivity index (χ0) is 21.8. The van der Waals surface area contributed by atoms with Crippen molar-refractivity contribution >= 4 is 28.6 Å². The van der Waals surface area contributed by atoms with E-state index in [0.29, 0.717) is 31.0 Å². The second-order valence-corrected chi connectivity index (χ2v) is 8.57. The monoisotopic (exact) mass is 444 g/mol. The van der Waals surface area contributed by atoms with Crippen molar-refractivity contribution in [1.29, 1.82) is 0 Å². The second kappa shape index (κ2) is 9.38. The molecule has 1 amide bonds. The highest BCUT2D eigenvalue weighted by molar-refractivity contribution is 7.13. The van der Waals surface area contributed by atoms with Crippen molar-refractivity contribution in [3.8, 4) is 10.6 Å². The quantitative estimate of drug-likeness (QED) is 0.466. The summed E-state index contributed by atoms with van der Waals surface area (Å²) in [6, 6.07) is 22.0. The Morgan fingerprint density at radius 1 is 1.00 bits per heavy atom. The molecule has 0 bridgehead atoms. The van der Waals surface area contributed by atoms with Crippen molar-refractivity contribution in [3.63, 3.8) is 0 Å². The molecular formula is C25H24N4O2S. The lowest BCUT2D eigenvalue weighted by Gasteiger charge is -2.30. The molecule has 5 rings (SSSR count). The predicted molar refractivity (Wildman–Crippen MR) is 129 cm³/mol. The number of amides is 1. The molecule has 0 radical (unpaired) electrons. The molecule has 1 saturated heterocycles. The summed E-state index contributed by atoms with van der Waals surface area (Å²) in [4.78, 5) is 16.7. The maximum absolute atomic E-state index is 13.4. The van der Waals surface area contributed by atoms with Crippen LogP contribution in [0.15, 0.2) is 78.3 Å². The molecular weight excluding hydrogens is 420 g/mol. The Bertz CT molecular complexity index is 1180. The molecule has 1 aliphatic rings. The van der Waals surface area contributed by atoms with Crippen LogP contribution < -0.4 is 10.2 Å². The van der Waals surface area contributed by atoms with Crippen molar-refractivity contribution in [2.75, 3.05) is 36.5 Å². The maximum atomic E-state index is 13.4. The van der Waals surface area contributed by atoms with Gasteiger partial charge in [-0.1, -0.05) is 48.5 Å². The number of nitrogens with zero attached hydrogens (tertiary/aromatic N) is 3. The lowest BCUT2D eigenvalue weighted by molar-refractivity contribution is 0.102. The largest absolute Gasteiger partial charge is 0.378 e. The molecule has 7 heteroatoms. The summed E-state index contributed by atoms with van der Waals surface area (Å²) >= 11 is 1.58. The van der Waals surface area contributed by atoms with Gasteiger partial charge in [0.2, 0.25) is 0 Å². The molecule has 4 aromatic rings. The van der Waals surface area contributed by atoms with E-state index in [1.54, 1.807) is 11.3 Å². The maximum Gasteiger partial charge on any atom is 0.259 e. The van der Waals surface area contributed by atoms with E-state index < -0.39 is 0 Å².